The molecule has 0 aliphatic carbocycles. The lowest BCUT2D eigenvalue weighted by Crippen LogP contribution is -2.16. The van der Waals surface area contributed by atoms with Crippen LogP contribution in [0.1, 0.15) is 11.3 Å². The number of aromatic nitrogens is 1. The SMILES string of the molecule is Cc1cc(C#[NH+])c[nH]1. The minimum atomic E-state index is 0.808. The van der Waals surface area contributed by atoms with Crippen LogP contribution in [0.5, 0.6) is 0 Å². The molecular weight excluding hydrogens is 100 g/mol. The van der Waals surface area contributed by atoms with Crippen LogP contribution in [0.4, 0.5) is 0 Å². The number of H-pyrrole nitrogens is 1. The summed E-state index contributed by atoms with van der Waals surface area (Å²) in [6, 6.07) is 4.13. The van der Waals surface area contributed by atoms with E-state index in [-0.39, 0.29) is 0 Å². The number of aryl methyl sites for hydroxylation is 1. The Balaban J connectivity index is 3.05. The second kappa shape index (κ2) is 1.71. The molecular formula is C6H7N2+. The smallest absolute Gasteiger partial charge is 0.310 e. The topological polar surface area (TPSA) is 39.6 Å². The summed E-state index contributed by atoms with van der Waals surface area (Å²) >= 11 is 0. The Morgan fingerprint density at radius 3 is 2.75 bits per heavy atom. The molecule has 2 nitrogen and oxygen atoms in total. The van der Waals surface area contributed by atoms with Gasteiger partial charge in [0.2, 0.25) is 0 Å². The maximum atomic E-state index is 6.69. The first-order valence-corrected chi connectivity index (χ1v) is 2.40. The van der Waals surface area contributed by atoms with Crippen LogP contribution < -0.4 is 5.26 Å². The summed E-state index contributed by atoms with van der Waals surface area (Å²) in [5.41, 5.74) is 1.88. The molecule has 0 saturated carbocycles. The highest BCUT2D eigenvalue weighted by Crippen LogP contribution is 1.97. The molecule has 0 saturated heterocycles. The minimum absolute atomic E-state index is 0.808. The van der Waals surface area contributed by atoms with E-state index in [9.17, 15) is 0 Å². The Morgan fingerprint density at radius 1 is 1.75 bits per heavy atom. The molecule has 0 atom stereocenters. The number of rotatable bonds is 0. The van der Waals surface area contributed by atoms with Gasteiger partial charge in [-0.2, -0.15) is 0 Å². The van der Waals surface area contributed by atoms with Gasteiger partial charge in [0.15, 0.2) is 0 Å². The van der Waals surface area contributed by atoms with Gasteiger partial charge < -0.3 is 4.98 Å². The molecule has 0 fully saturated rings. The fraction of sp³-hybridized carbons (Fsp3) is 0.167. The normalized spacial score (nSPS) is 8.50. The quantitative estimate of drug-likeness (QED) is 0.446. The van der Waals surface area contributed by atoms with Crippen molar-refractivity contribution in [1.82, 2.24) is 4.98 Å². The summed E-state index contributed by atoms with van der Waals surface area (Å²) in [6.07, 6.45) is 1.75. The van der Waals surface area contributed by atoms with E-state index in [0.717, 1.165) is 11.3 Å². The standard InChI is InChI=1S/C6H6N2/c1-5-2-6(3-7)4-8-5/h2,4,8H,1H3/p+1. The predicted molar refractivity (Wildman–Crippen MR) is 29.5 cm³/mol. The molecule has 0 aliphatic heterocycles. The average Bonchev–Trinajstić information content (AvgIpc) is 2.14. The molecule has 8 heavy (non-hydrogen) atoms. The van der Waals surface area contributed by atoms with Crippen LogP contribution in [0, 0.1) is 13.0 Å². The molecule has 1 aromatic rings. The first-order valence-electron chi connectivity index (χ1n) is 2.40. The van der Waals surface area contributed by atoms with Crippen molar-refractivity contribution in [3.05, 3.63) is 23.5 Å². The Bertz CT molecular complexity index is 217. The highest BCUT2D eigenvalue weighted by molar-refractivity contribution is 5.27. The summed E-state index contributed by atoms with van der Waals surface area (Å²) in [5.74, 6) is 0. The van der Waals surface area contributed by atoms with Gasteiger partial charge in [-0.05, 0) is 13.0 Å². The largest absolute Gasteiger partial charge is 0.364 e. The lowest BCUT2D eigenvalue weighted by molar-refractivity contribution is -0.0909. The molecule has 2 heteroatoms. The van der Waals surface area contributed by atoms with Gasteiger partial charge in [0.1, 0.15) is 5.56 Å². The summed E-state index contributed by atoms with van der Waals surface area (Å²) in [4.78, 5) is 2.94. The van der Waals surface area contributed by atoms with Crippen molar-refractivity contribution in [3.8, 4) is 6.07 Å². The van der Waals surface area contributed by atoms with E-state index in [2.05, 4.69) is 11.1 Å². The van der Waals surface area contributed by atoms with Crippen molar-refractivity contribution < 1.29 is 5.26 Å². The van der Waals surface area contributed by atoms with Gasteiger partial charge in [0.25, 0.3) is 0 Å². The van der Waals surface area contributed by atoms with E-state index in [1.807, 2.05) is 13.0 Å². The monoisotopic (exact) mass is 107 g/mol. The second-order valence-electron chi connectivity index (χ2n) is 1.70. The number of hydrogen-bond donors (Lipinski definition) is 2. The Morgan fingerprint density at radius 2 is 2.50 bits per heavy atom. The molecule has 0 bridgehead atoms. The summed E-state index contributed by atoms with van der Waals surface area (Å²) in [7, 11) is 0. The van der Waals surface area contributed by atoms with E-state index in [0.29, 0.717) is 0 Å². The van der Waals surface area contributed by atoms with E-state index in [4.69, 9.17) is 5.26 Å². The van der Waals surface area contributed by atoms with Gasteiger partial charge in [-0.15, -0.1) is 0 Å². The maximum Gasteiger partial charge on any atom is 0.310 e. The van der Waals surface area contributed by atoms with Gasteiger partial charge in [0, 0.05) is 11.9 Å². The van der Waals surface area contributed by atoms with Crippen LogP contribution in [0.2, 0.25) is 0 Å². The Hall–Kier alpha value is -1.23. The lowest BCUT2D eigenvalue weighted by atomic mass is 10.3. The summed E-state index contributed by atoms with van der Waals surface area (Å²) in [5, 5.41) is 6.69. The molecule has 0 radical (unpaired) electrons. The molecule has 1 heterocycles. The van der Waals surface area contributed by atoms with Crippen LogP contribution >= 0.6 is 0 Å². The molecule has 1 aromatic heterocycles. The second-order valence-corrected chi connectivity index (χ2v) is 1.70. The summed E-state index contributed by atoms with van der Waals surface area (Å²) < 4.78 is 0. The average molecular weight is 107 g/mol. The zero-order chi connectivity index (χ0) is 5.98. The number of hydrogen-bond acceptors (Lipinski definition) is 0. The van der Waals surface area contributed by atoms with E-state index in [1.165, 1.54) is 0 Å². The van der Waals surface area contributed by atoms with Crippen LogP contribution in [-0.2, 0) is 0 Å². The molecule has 0 amide bonds. The molecule has 0 aliphatic rings. The molecule has 0 spiro atoms. The third-order valence-electron chi connectivity index (χ3n) is 0.972. The van der Waals surface area contributed by atoms with Gasteiger partial charge >= 0.3 is 6.07 Å². The fourth-order valence-corrected chi connectivity index (χ4v) is 0.580. The van der Waals surface area contributed by atoms with Crippen LogP contribution in [-0.4, -0.2) is 4.98 Å². The fourth-order valence-electron chi connectivity index (χ4n) is 0.580. The molecule has 0 aromatic carbocycles. The van der Waals surface area contributed by atoms with Crippen molar-refractivity contribution in [2.75, 3.05) is 0 Å². The Labute approximate surface area is 47.8 Å². The molecule has 2 N–H and O–H groups in total. The third-order valence-corrected chi connectivity index (χ3v) is 0.972. The molecule has 1 rings (SSSR count). The van der Waals surface area contributed by atoms with Crippen molar-refractivity contribution in [1.29, 1.82) is 0 Å². The van der Waals surface area contributed by atoms with Crippen LogP contribution in [0.25, 0.3) is 0 Å². The number of nitrogens with one attached hydrogen (secondary N) is 2. The van der Waals surface area contributed by atoms with E-state index >= 15 is 0 Å². The zero-order valence-electron chi connectivity index (χ0n) is 4.65. The van der Waals surface area contributed by atoms with E-state index < -0.39 is 0 Å². The highest BCUT2D eigenvalue weighted by atomic mass is 14.7. The van der Waals surface area contributed by atoms with Crippen molar-refractivity contribution in [2.45, 2.75) is 6.92 Å². The first-order chi connectivity index (χ1) is 3.83. The van der Waals surface area contributed by atoms with Crippen LogP contribution in [0.3, 0.4) is 0 Å². The van der Waals surface area contributed by atoms with E-state index in [1.54, 1.807) is 6.20 Å². The Kier molecular flexibility index (Phi) is 1.05. The summed E-state index contributed by atoms with van der Waals surface area (Å²) in [6.45, 7) is 1.95. The van der Waals surface area contributed by atoms with Gasteiger partial charge in [-0.25, -0.2) is 0 Å². The minimum Gasteiger partial charge on any atom is -0.364 e. The number of aromatic amines is 1. The van der Waals surface area contributed by atoms with Crippen LogP contribution in [0.15, 0.2) is 12.3 Å². The van der Waals surface area contributed by atoms with Gasteiger partial charge in [-0.3, -0.25) is 0 Å². The lowest BCUT2D eigenvalue weighted by Gasteiger charge is -1.70. The maximum absolute atomic E-state index is 6.69. The predicted octanol–water partition coefficient (Wildman–Crippen LogP) is -0.556. The van der Waals surface area contributed by atoms with Crippen molar-refractivity contribution in [2.24, 2.45) is 0 Å². The highest BCUT2D eigenvalue weighted by Gasteiger charge is 1.92. The van der Waals surface area contributed by atoms with Gasteiger partial charge in [0.05, 0.1) is 0 Å². The van der Waals surface area contributed by atoms with Crippen molar-refractivity contribution in [3.63, 3.8) is 0 Å². The molecule has 0 unspecified atom stereocenters. The van der Waals surface area contributed by atoms with Gasteiger partial charge in [-0.1, -0.05) is 5.26 Å². The molecule has 40 valence electrons. The first kappa shape index (κ1) is 4.92. The third kappa shape index (κ3) is 0.710. The van der Waals surface area contributed by atoms with Crippen molar-refractivity contribution >= 4 is 0 Å². The zero-order valence-corrected chi connectivity index (χ0v) is 4.65.